The summed E-state index contributed by atoms with van der Waals surface area (Å²) in [5.41, 5.74) is 5.62. The molecule has 1 saturated carbocycles. The lowest BCUT2D eigenvalue weighted by Gasteiger charge is -2.19. The number of hydrogen-bond donors (Lipinski definition) is 0. The van der Waals surface area contributed by atoms with Gasteiger partial charge in [-0.15, -0.1) is 0 Å². The van der Waals surface area contributed by atoms with Crippen molar-refractivity contribution in [3.8, 4) is 0 Å². The first kappa shape index (κ1) is 17.9. The number of hydrogen-bond acceptors (Lipinski definition) is 1. The van der Waals surface area contributed by atoms with Crippen molar-refractivity contribution in [3.63, 3.8) is 0 Å². The number of fused-ring (bicyclic) bond motifs is 8. The summed E-state index contributed by atoms with van der Waals surface area (Å²) in [6, 6.07) is 9.36. The average molecular weight is 370 g/mol. The molecule has 0 saturated heterocycles. The van der Waals surface area contributed by atoms with Crippen molar-refractivity contribution in [1.82, 2.24) is 4.98 Å². The Labute approximate surface area is 168 Å². The van der Waals surface area contributed by atoms with Gasteiger partial charge in [-0.2, -0.15) is 0 Å². The smallest absolute Gasteiger partial charge is 0.0793 e. The summed E-state index contributed by atoms with van der Waals surface area (Å²) < 4.78 is 0. The standard InChI is InChI=1S/C27H31N/c1-6-19-21-9-7-8-20(16(4)5)25(21)27-24(23(19)12-15(2)3)14-22-17-10-11-18(13-17)26(22)28-27/h6-9,12,14-18H,10-11,13H2,1-5H3/b19-6-,23-12+. The van der Waals surface area contributed by atoms with Crippen LogP contribution in [0.4, 0.5) is 0 Å². The maximum atomic E-state index is 5.42. The van der Waals surface area contributed by atoms with E-state index in [9.17, 15) is 0 Å². The van der Waals surface area contributed by atoms with Gasteiger partial charge in [0.25, 0.3) is 0 Å². The van der Waals surface area contributed by atoms with Crippen LogP contribution in [0.15, 0.2) is 24.3 Å². The number of aromatic nitrogens is 1. The van der Waals surface area contributed by atoms with Crippen molar-refractivity contribution >= 4 is 33.8 Å². The zero-order valence-corrected chi connectivity index (χ0v) is 17.8. The fraction of sp³-hybridized carbons (Fsp3) is 0.444. The van der Waals surface area contributed by atoms with Gasteiger partial charge in [0.1, 0.15) is 0 Å². The Kier molecular flexibility index (Phi) is 4.12. The third-order valence-corrected chi connectivity index (χ3v) is 6.96. The molecule has 2 aliphatic rings. The number of benzene rings is 2. The maximum absolute atomic E-state index is 5.42. The monoisotopic (exact) mass is 369 g/mol. The molecule has 5 rings (SSSR count). The molecule has 0 aliphatic heterocycles. The third kappa shape index (κ3) is 2.48. The molecular weight excluding hydrogens is 338 g/mol. The molecule has 144 valence electrons. The summed E-state index contributed by atoms with van der Waals surface area (Å²) >= 11 is 0. The molecule has 0 radical (unpaired) electrons. The van der Waals surface area contributed by atoms with E-state index in [1.54, 1.807) is 5.56 Å². The van der Waals surface area contributed by atoms with Crippen molar-refractivity contribution in [2.45, 2.75) is 71.6 Å². The van der Waals surface area contributed by atoms with E-state index in [-0.39, 0.29) is 0 Å². The van der Waals surface area contributed by atoms with Gasteiger partial charge in [-0.05, 0) is 77.0 Å². The number of nitrogens with zero attached hydrogens (tertiary/aromatic N) is 1. The van der Waals surface area contributed by atoms with Crippen LogP contribution in [0.3, 0.4) is 0 Å². The third-order valence-electron chi connectivity index (χ3n) is 6.96. The van der Waals surface area contributed by atoms with Gasteiger partial charge >= 0.3 is 0 Å². The fourth-order valence-electron chi connectivity index (χ4n) is 5.76. The molecule has 2 unspecified atom stereocenters. The second kappa shape index (κ2) is 6.44. The Morgan fingerprint density at radius 3 is 2.50 bits per heavy atom. The molecule has 1 nitrogen and oxygen atoms in total. The normalized spacial score (nSPS) is 22.4. The molecule has 2 bridgehead atoms. The van der Waals surface area contributed by atoms with Gasteiger partial charge in [-0.1, -0.05) is 58.0 Å². The first-order valence-corrected chi connectivity index (χ1v) is 11.1. The fourth-order valence-corrected chi connectivity index (χ4v) is 5.76. The molecule has 1 heterocycles. The quantitative estimate of drug-likeness (QED) is 0.496. The van der Waals surface area contributed by atoms with Gasteiger partial charge in [0.05, 0.1) is 5.52 Å². The van der Waals surface area contributed by atoms with Crippen LogP contribution in [-0.4, -0.2) is 4.98 Å². The average Bonchev–Trinajstić information content (AvgIpc) is 3.28. The zero-order chi connectivity index (χ0) is 19.6. The van der Waals surface area contributed by atoms with E-state index in [4.69, 9.17) is 4.98 Å². The minimum Gasteiger partial charge on any atom is -0.252 e. The van der Waals surface area contributed by atoms with Crippen molar-refractivity contribution in [1.29, 1.82) is 0 Å². The van der Waals surface area contributed by atoms with E-state index < -0.39 is 0 Å². The summed E-state index contributed by atoms with van der Waals surface area (Å²) in [4.78, 5) is 5.42. The molecule has 3 aromatic rings. The Balaban J connectivity index is 2.06. The van der Waals surface area contributed by atoms with Crippen molar-refractivity contribution in [2.24, 2.45) is 5.92 Å². The predicted molar refractivity (Wildman–Crippen MR) is 121 cm³/mol. The van der Waals surface area contributed by atoms with Crippen LogP contribution in [0, 0.1) is 5.92 Å². The molecule has 2 aliphatic carbocycles. The Morgan fingerprint density at radius 2 is 1.79 bits per heavy atom. The maximum Gasteiger partial charge on any atom is 0.0793 e. The highest BCUT2D eigenvalue weighted by molar-refractivity contribution is 6.08. The van der Waals surface area contributed by atoms with Crippen molar-refractivity contribution in [2.75, 3.05) is 0 Å². The van der Waals surface area contributed by atoms with E-state index in [0.717, 1.165) is 5.92 Å². The number of pyridine rings is 1. The summed E-state index contributed by atoms with van der Waals surface area (Å²) in [7, 11) is 0. The minimum absolute atomic E-state index is 0.489. The molecule has 0 N–H and O–H groups in total. The molecule has 2 atom stereocenters. The number of rotatable bonds is 2. The zero-order valence-electron chi connectivity index (χ0n) is 17.8. The lowest BCUT2D eigenvalue weighted by molar-refractivity contribution is 0.701. The first-order chi connectivity index (χ1) is 13.5. The lowest BCUT2D eigenvalue weighted by atomic mass is 9.89. The van der Waals surface area contributed by atoms with Crippen LogP contribution in [-0.2, 0) is 0 Å². The Bertz CT molecular complexity index is 1210. The van der Waals surface area contributed by atoms with E-state index in [1.807, 2.05) is 0 Å². The summed E-state index contributed by atoms with van der Waals surface area (Å²) in [5, 5.41) is 6.88. The first-order valence-electron chi connectivity index (χ1n) is 11.1. The van der Waals surface area contributed by atoms with E-state index in [0.29, 0.717) is 17.8 Å². The molecule has 1 aromatic heterocycles. The van der Waals surface area contributed by atoms with E-state index >= 15 is 0 Å². The topological polar surface area (TPSA) is 12.9 Å². The highest BCUT2D eigenvalue weighted by atomic mass is 14.7. The minimum atomic E-state index is 0.489. The summed E-state index contributed by atoms with van der Waals surface area (Å²) in [6.45, 7) is 11.4. The second-order valence-corrected chi connectivity index (χ2v) is 9.52. The Hall–Kier alpha value is -2.15. The largest absolute Gasteiger partial charge is 0.252 e. The van der Waals surface area contributed by atoms with Gasteiger partial charge in [0, 0.05) is 22.4 Å². The lowest BCUT2D eigenvalue weighted by Crippen LogP contribution is -2.28. The van der Waals surface area contributed by atoms with Crippen LogP contribution in [0.25, 0.3) is 33.8 Å². The summed E-state index contributed by atoms with van der Waals surface area (Å²) in [6.07, 6.45) is 8.76. The molecule has 1 heteroatoms. The van der Waals surface area contributed by atoms with Crippen LogP contribution in [0.2, 0.25) is 0 Å². The van der Waals surface area contributed by atoms with Gasteiger partial charge in [0.2, 0.25) is 0 Å². The predicted octanol–water partition coefficient (Wildman–Crippen LogP) is 6.11. The van der Waals surface area contributed by atoms with Crippen LogP contribution in [0.5, 0.6) is 0 Å². The molecule has 28 heavy (non-hydrogen) atoms. The van der Waals surface area contributed by atoms with Crippen molar-refractivity contribution < 1.29 is 0 Å². The van der Waals surface area contributed by atoms with Crippen LogP contribution in [0.1, 0.15) is 88.5 Å². The molecule has 1 fully saturated rings. The highest BCUT2D eigenvalue weighted by Crippen LogP contribution is 2.52. The summed E-state index contributed by atoms with van der Waals surface area (Å²) in [5.74, 6) is 2.44. The van der Waals surface area contributed by atoms with E-state index in [1.165, 1.54) is 62.6 Å². The molecule has 0 amide bonds. The van der Waals surface area contributed by atoms with E-state index in [2.05, 4.69) is 71.0 Å². The highest BCUT2D eigenvalue weighted by Gasteiger charge is 2.38. The molecule has 2 aromatic carbocycles. The molecule has 0 spiro atoms. The Morgan fingerprint density at radius 1 is 1.00 bits per heavy atom. The van der Waals surface area contributed by atoms with Gasteiger partial charge in [0.15, 0.2) is 0 Å². The van der Waals surface area contributed by atoms with Crippen LogP contribution < -0.4 is 10.4 Å². The molecular formula is C27H31N. The van der Waals surface area contributed by atoms with Crippen LogP contribution >= 0.6 is 0 Å². The SMILES string of the molecule is C/C=c1\c(=C/C(C)C)c2cc3c(nc2c2c(C(C)C)cccc12)C1CCC3C1. The second-order valence-electron chi connectivity index (χ2n) is 9.52. The van der Waals surface area contributed by atoms with Gasteiger partial charge in [-0.3, -0.25) is 4.98 Å². The van der Waals surface area contributed by atoms with Gasteiger partial charge in [-0.25, -0.2) is 0 Å². The van der Waals surface area contributed by atoms with Crippen molar-refractivity contribution in [3.05, 3.63) is 51.5 Å². The van der Waals surface area contributed by atoms with Gasteiger partial charge < -0.3 is 0 Å².